The molecule has 0 bridgehead atoms. The second-order valence-corrected chi connectivity index (χ2v) is 8.61. The summed E-state index contributed by atoms with van der Waals surface area (Å²) in [6.07, 6.45) is 2.11. The molecule has 2 aromatic rings. The van der Waals surface area contributed by atoms with Crippen LogP contribution in [0.5, 0.6) is 0 Å². The first kappa shape index (κ1) is 35.9. The summed E-state index contributed by atoms with van der Waals surface area (Å²) in [6, 6.07) is 12.5. The van der Waals surface area contributed by atoms with Crippen LogP contribution in [0.25, 0.3) is 0 Å². The minimum Gasteiger partial charge on any atom is -0.876 e. The van der Waals surface area contributed by atoms with Crippen LogP contribution in [0, 0.1) is 27.7 Å². The normalized spacial score (nSPS) is 11.8. The van der Waals surface area contributed by atoms with Crippen LogP contribution in [0.3, 0.4) is 0 Å². The largest absolute Gasteiger partial charge is 2.00 e. The van der Waals surface area contributed by atoms with Crippen molar-refractivity contribution in [2.24, 2.45) is 9.98 Å². The zero-order chi connectivity index (χ0) is 28.0. The fourth-order valence-electron chi connectivity index (χ4n) is 3.03. The van der Waals surface area contributed by atoms with Gasteiger partial charge in [-0.15, -0.1) is 11.5 Å². The van der Waals surface area contributed by atoms with Gasteiger partial charge in [-0.1, -0.05) is 50.2 Å². The van der Waals surface area contributed by atoms with Gasteiger partial charge in [-0.05, 0) is 89.8 Å². The van der Waals surface area contributed by atoms with Crippen LogP contribution in [-0.4, -0.2) is 23.0 Å². The first-order valence-electron chi connectivity index (χ1n) is 11.6. The molecule has 0 amide bonds. The number of allylic oxidation sites excluding steroid dienone is 4. The number of hydrogen-bond donors (Lipinski definition) is 0. The second-order valence-electron chi connectivity index (χ2n) is 8.61. The van der Waals surface area contributed by atoms with Crippen LogP contribution in [0.15, 0.2) is 70.1 Å². The Morgan fingerprint density at radius 2 is 0.838 bits per heavy atom. The van der Waals surface area contributed by atoms with E-state index in [0.717, 1.165) is 35.0 Å². The summed E-state index contributed by atoms with van der Waals surface area (Å²) in [6.45, 7) is 17.8. The molecule has 0 spiro atoms. The van der Waals surface area contributed by atoms with E-state index in [1.54, 1.807) is 0 Å². The van der Waals surface area contributed by atoms with Crippen molar-refractivity contribution in [3.63, 3.8) is 0 Å². The van der Waals surface area contributed by atoms with E-state index in [2.05, 4.69) is 64.1 Å². The standard InChI is InChI=1S/C20H24N2.2C5H8O2.Ni/c1-13-9-7-10-14(2)19(13)21-17(5)18(6)22-20-15(3)11-8-12-16(20)4;2*1-4(6)3-5(2)7;/h7-12H,1-6H3;2*3,6H,1-2H3;/q;;;+2/p-2/b;2*4-3-;. The Bertz CT molecular complexity index is 1050. The zero-order valence-electron chi connectivity index (χ0n) is 23.5. The summed E-state index contributed by atoms with van der Waals surface area (Å²) >= 11 is 0. The Morgan fingerprint density at radius 3 is 1.00 bits per heavy atom. The molecule has 0 atom stereocenters. The third-order valence-corrected chi connectivity index (χ3v) is 4.77. The predicted octanol–water partition coefficient (Wildman–Crippen LogP) is 5.48. The van der Waals surface area contributed by atoms with Crippen molar-refractivity contribution >= 4 is 34.4 Å². The van der Waals surface area contributed by atoms with Crippen LogP contribution in [-0.2, 0) is 26.1 Å². The molecule has 0 saturated heterocycles. The molecule has 0 N–H and O–H groups in total. The van der Waals surface area contributed by atoms with Gasteiger partial charge in [0.25, 0.3) is 0 Å². The van der Waals surface area contributed by atoms with Crippen LogP contribution in [0.1, 0.15) is 63.8 Å². The summed E-state index contributed by atoms with van der Waals surface area (Å²) < 4.78 is 0. The molecule has 6 nitrogen and oxygen atoms in total. The summed E-state index contributed by atoms with van der Waals surface area (Å²) in [5, 5.41) is 20.0. The molecule has 0 heterocycles. The quantitative estimate of drug-likeness (QED) is 0.213. The Hall–Kier alpha value is -3.31. The van der Waals surface area contributed by atoms with E-state index >= 15 is 0 Å². The summed E-state index contributed by atoms with van der Waals surface area (Å²) in [4.78, 5) is 29.6. The molecule has 7 heteroatoms. The molecule has 0 saturated carbocycles. The molecular weight excluding hydrogens is 511 g/mol. The summed E-state index contributed by atoms with van der Waals surface area (Å²) in [5.41, 5.74) is 8.80. The number of nitrogens with zero attached hydrogens (tertiary/aromatic N) is 2. The van der Waals surface area contributed by atoms with E-state index in [-0.39, 0.29) is 39.6 Å². The SMILES string of the molecule is CC(=Nc1c(C)cccc1C)C(C)=Nc1c(C)cccc1C.CC(=O)/C=C(/C)[O-].CC(=O)/C=C(/C)[O-].[Ni+2]. The average molecular weight is 549 g/mol. The van der Waals surface area contributed by atoms with Gasteiger partial charge in [-0.3, -0.25) is 19.6 Å². The van der Waals surface area contributed by atoms with Gasteiger partial charge in [0.2, 0.25) is 0 Å². The summed E-state index contributed by atoms with van der Waals surface area (Å²) in [7, 11) is 0. The molecule has 202 valence electrons. The van der Waals surface area contributed by atoms with Crippen LogP contribution >= 0.6 is 0 Å². The van der Waals surface area contributed by atoms with Gasteiger partial charge < -0.3 is 10.2 Å². The monoisotopic (exact) mass is 548 g/mol. The first-order valence-corrected chi connectivity index (χ1v) is 11.6. The summed E-state index contributed by atoms with van der Waals surface area (Å²) in [5.74, 6) is -0.750. The van der Waals surface area contributed by atoms with E-state index in [9.17, 15) is 19.8 Å². The number of benzene rings is 2. The van der Waals surface area contributed by atoms with E-state index in [1.807, 2.05) is 13.8 Å². The maximum absolute atomic E-state index is 9.98. The van der Waals surface area contributed by atoms with Gasteiger partial charge in [0.05, 0.1) is 22.8 Å². The van der Waals surface area contributed by atoms with Gasteiger partial charge in [-0.2, -0.15) is 0 Å². The van der Waals surface area contributed by atoms with Crippen molar-refractivity contribution in [3.05, 3.63) is 82.3 Å². The van der Waals surface area contributed by atoms with Gasteiger partial charge in [0.15, 0.2) is 11.6 Å². The number of hydrogen-bond acceptors (Lipinski definition) is 6. The minimum absolute atomic E-state index is 0. The van der Waals surface area contributed by atoms with Gasteiger partial charge in [0, 0.05) is 0 Å². The van der Waals surface area contributed by atoms with Crippen molar-refractivity contribution in [2.75, 3.05) is 0 Å². The number of aryl methyl sites for hydroxylation is 4. The number of carbonyl (C=O) groups excluding carboxylic acids is 2. The van der Waals surface area contributed by atoms with Crippen molar-refractivity contribution in [3.8, 4) is 0 Å². The smallest absolute Gasteiger partial charge is 0.876 e. The Kier molecular flexibility index (Phi) is 17.5. The van der Waals surface area contributed by atoms with Gasteiger partial charge in [0.1, 0.15) is 0 Å². The number of carbonyl (C=O) groups is 2. The number of ketones is 2. The number of rotatable bonds is 5. The molecule has 2 aromatic carbocycles. The van der Waals surface area contributed by atoms with E-state index in [1.165, 1.54) is 49.9 Å². The third-order valence-electron chi connectivity index (χ3n) is 4.77. The molecule has 0 fully saturated rings. The molecule has 2 rings (SSSR count). The fraction of sp³-hybridized carbons (Fsp3) is 0.333. The molecule has 0 unspecified atom stereocenters. The minimum atomic E-state index is -0.187. The van der Waals surface area contributed by atoms with Crippen molar-refractivity contribution in [1.29, 1.82) is 0 Å². The Balaban J connectivity index is 0. The predicted molar refractivity (Wildman–Crippen MR) is 146 cm³/mol. The topological polar surface area (TPSA) is 105 Å². The van der Waals surface area contributed by atoms with Crippen molar-refractivity contribution < 1.29 is 36.3 Å². The van der Waals surface area contributed by atoms with E-state index in [4.69, 9.17) is 9.98 Å². The van der Waals surface area contributed by atoms with E-state index < -0.39 is 0 Å². The van der Waals surface area contributed by atoms with Crippen molar-refractivity contribution in [2.45, 2.75) is 69.2 Å². The second kappa shape index (κ2) is 18.0. The average Bonchev–Trinajstić information content (AvgIpc) is 2.72. The van der Waals surface area contributed by atoms with Crippen LogP contribution < -0.4 is 10.2 Å². The Labute approximate surface area is 231 Å². The number of aliphatic imine (C=N–C) groups is 2. The van der Waals surface area contributed by atoms with Crippen LogP contribution in [0.4, 0.5) is 11.4 Å². The van der Waals surface area contributed by atoms with E-state index in [0.29, 0.717) is 0 Å². The maximum atomic E-state index is 9.98. The maximum Gasteiger partial charge on any atom is 2.00 e. The van der Waals surface area contributed by atoms with Gasteiger partial charge >= 0.3 is 16.5 Å². The fourth-order valence-corrected chi connectivity index (χ4v) is 3.03. The zero-order valence-corrected chi connectivity index (χ0v) is 24.5. The molecule has 37 heavy (non-hydrogen) atoms. The van der Waals surface area contributed by atoms with Crippen LogP contribution in [0.2, 0.25) is 0 Å². The molecule has 0 aromatic heterocycles. The molecular formula is C30H38N2NiO4. The van der Waals surface area contributed by atoms with Gasteiger partial charge in [-0.25, -0.2) is 0 Å². The molecule has 0 aliphatic heterocycles. The molecule has 0 aliphatic carbocycles. The third kappa shape index (κ3) is 15.4. The Morgan fingerprint density at radius 1 is 0.595 bits per heavy atom. The molecule has 0 aliphatic rings. The number of para-hydroxylation sites is 2. The molecule has 0 radical (unpaired) electrons. The first-order chi connectivity index (χ1) is 16.6. The van der Waals surface area contributed by atoms with Crippen molar-refractivity contribution in [1.82, 2.24) is 0 Å².